The Morgan fingerprint density at radius 1 is 1.25 bits per heavy atom. The van der Waals surface area contributed by atoms with E-state index in [1.807, 2.05) is 0 Å². The van der Waals surface area contributed by atoms with Crippen LogP contribution in [0.5, 0.6) is 0 Å². The van der Waals surface area contributed by atoms with E-state index in [0.29, 0.717) is 11.1 Å². The van der Waals surface area contributed by atoms with Crippen molar-refractivity contribution in [3.63, 3.8) is 0 Å². The smallest absolute Gasteiger partial charge is 0.423 e. The zero-order valence-electron chi connectivity index (χ0n) is 29.5. The number of amides is 3. The molecule has 0 unspecified atom stereocenters. The Hall–Kier alpha value is -6.39. The third-order valence-electron chi connectivity index (χ3n) is 8.40. The maximum atomic E-state index is 15.5. The number of nitrogen functional groups attached to an aromatic ring is 1. The number of carbonyl (C=O) groups excluding carboxylic acids is 4. The molecule has 6 rings (SSSR count). The maximum absolute atomic E-state index is 15.5. The summed E-state index contributed by atoms with van der Waals surface area (Å²) in [5.41, 5.74) is 6.13. The van der Waals surface area contributed by atoms with E-state index >= 15 is 4.39 Å². The molecule has 22 heteroatoms. The molecule has 292 valence electrons. The van der Waals surface area contributed by atoms with Gasteiger partial charge in [0.1, 0.15) is 28.7 Å². The lowest BCUT2D eigenvalue weighted by Gasteiger charge is -2.50. The summed E-state index contributed by atoms with van der Waals surface area (Å²) in [6.07, 6.45) is 4.18. The number of benzene rings is 1. The summed E-state index contributed by atoms with van der Waals surface area (Å²) in [6.45, 7) is 2.40. The number of carboxylic acid groups (broad SMARTS) is 2. The molecule has 5 N–H and O–H groups in total. The first kappa shape index (κ1) is 39.3. The Balaban J connectivity index is 1.19. The zero-order chi connectivity index (χ0) is 40.5. The van der Waals surface area contributed by atoms with Crippen LogP contribution in [0.2, 0.25) is 0 Å². The maximum Gasteiger partial charge on any atom is 0.423 e. The highest BCUT2D eigenvalue weighted by Crippen LogP contribution is 2.40. The molecule has 1 fully saturated rings. The summed E-state index contributed by atoms with van der Waals surface area (Å²) in [5.74, 6) is -6.62. The van der Waals surface area contributed by atoms with Gasteiger partial charge in [-0.3, -0.25) is 24.1 Å². The Labute approximate surface area is 323 Å². The number of hydroxylamine groups is 1. The van der Waals surface area contributed by atoms with E-state index in [2.05, 4.69) is 25.8 Å². The highest BCUT2D eigenvalue weighted by Gasteiger charge is 2.53. The van der Waals surface area contributed by atoms with Gasteiger partial charge in [-0.1, -0.05) is 5.16 Å². The summed E-state index contributed by atoms with van der Waals surface area (Å²) in [6, 6.07) is 6.10. The number of thiazole rings is 1. The molecule has 2 atom stereocenters. The van der Waals surface area contributed by atoms with Gasteiger partial charge in [-0.15, -0.1) is 23.1 Å². The fourth-order valence-corrected chi connectivity index (χ4v) is 7.53. The van der Waals surface area contributed by atoms with E-state index in [1.54, 1.807) is 29.1 Å². The molecule has 3 amide bonds. The minimum Gasteiger partial charge on any atom is -0.543 e. The van der Waals surface area contributed by atoms with Crippen molar-refractivity contribution in [1.29, 1.82) is 0 Å². The van der Waals surface area contributed by atoms with Gasteiger partial charge in [0.2, 0.25) is 5.60 Å². The molecule has 0 aliphatic carbocycles. The van der Waals surface area contributed by atoms with E-state index in [0.717, 1.165) is 26.9 Å². The molecule has 0 bridgehead atoms. The van der Waals surface area contributed by atoms with Gasteiger partial charge in [0.05, 0.1) is 37.1 Å². The van der Waals surface area contributed by atoms with Crippen LogP contribution in [0.3, 0.4) is 0 Å². The first-order valence-electron chi connectivity index (χ1n) is 16.3. The summed E-state index contributed by atoms with van der Waals surface area (Å²) in [7, 11) is 1.25. The molecule has 5 heterocycles. The number of β-lactam (4-membered cyclic amide) rings is 1. The van der Waals surface area contributed by atoms with Crippen molar-refractivity contribution >= 4 is 63.6 Å². The van der Waals surface area contributed by atoms with E-state index < -0.39 is 64.0 Å². The number of nitrogens with one attached hydrogen (secondary N) is 2. The number of oxazole rings is 1. The second kappa shape index (κ2) is 15.8. The number of anilines is 1. The number of nitrogens with two attached hydrogens (primary N) is 1. The molecular formula is C34H31FN8O11S2. The minimum atomic E-state index is -1.82. The third-order valence-corrected chi connectivity index (χ3v) is 10.4. The number of nitrogens with zero attached hydrogens (tertiary/aromatic N) is 5. The molecule has 19 nitrogen and oxygen atoms in total. The number of carboxylic acids is 2. The van der Waals surface area contributed by atoms with Gasteiger partial charge in [0.15, 0.2) is 29.8 Å². The van der Waals surface area contributed by atoms with Crippen molar-refractivity contribution in [3.05, 3.63) is 93.4 Å². The molecule has 4 aromatic rings. The molecular weight excluding hydrogens is 780 g/mol. The molecule has 0 spiro atoms. The number of fused-ring (bicyclic) bond motifs is 1. The number of oxime groups is 1. The third kappa shape index (κ3) is 8.01. The Bertz CT molecular complexity index is 2390. The van der Waals surface area contributed by atoms with E-state index in [1.165, 1.54) is 56.4 Å². The fraction of sp³-hybridized carbons (Fsp3) is 0.265. The molecule has 3 aromatic heterocycles. The number of hydrogen-bond acceptors (Lipinski definition) is 15. The second-order valence-corrected chi connectivity index (χ2v) is 14.7. The van der Waals surface area contributed by atoms with Crippen molar-refractivity contribution in [1.82, 2.24) is 25.2 Å². The molecule has 1 aromatic carbocycles. The van der Waals surface area contributed by atoms with Crippen LogP contribution in [0.15, 0.2) is 79.9 Å². The molecule has 2 aliphatic rings. The summed E-state index contributed by atoms with van der Waals surface area (Å²) in [5, 5.41) is 28.7. The van der Waals surface area contributed by atoms with Crippen LogP contribution < -0.4 is 32.0 Å². The lowest BCUT2D eigenvalue weighted by molar-refractivity contribution is -0.688. The second-order valence-electron chi connectivity index (χ2n) is 12.7. The number of rotatable bonds is 14. The number of aliphatic carboxylic acids is 2. The number of thioether (sulfide) groups is 1. The summed E-state index contributed by atoms with van der Waals surface area (Å²) in [4.78, 5) is 89.7. The van der Waals surface area contributed by atoms with Crippen molar-refractivity contribution in [2.45, 2.75) is 43.8 Å². The largest absolute Gasteiger partial charge is 0.543 e. The van der Waals surface area contributed by atoms with Gasteiger partial charge >= 0.3 is 11.7 Å². The predicted octanol–water partition coefficient (Wildman–Crippen LogP) is -0.529. The quantitative estimate of drug-likeness (QED) is 0.0540. The monoisotopic (exact) mass is 810 g/mol. The molecule has 0 saturated carbocycles. The van der Waals surface area contributed by atoms with Crippen LogP contribution in [-0.2, 0) is 46.6 Å². The van der Waals surface area contributed by atoms with Crippen molar-refractivity contribution < 1.29 is 57.2 Å². The van der Waals surface area contributed by atoms with Crippen molar-refractivity contribution in [2.75, 3.05) is 18.6 Å². The zero-order valence-corrected chi connectivity index (χ0v) is 31.1. The summed E-state index contributed by atoms with van der Waals surface area (Å²) >= 11 is 2.16. The van der Waals surface area contributed by atoms with Crippen LogP contribution in [0.4, 0.5) is 9.52 Å². The first-order valence-corrected chi connectivity index (χ1v) is 18.2. The van der Waals surface area contributed by atoms with Crippen molar-refractivity contribution in [2.24, 2.45) is 5.16 Å². The highest BCUT2D eigenvalue weighted by atomic mass is 32.2. The molecule has 56 heavy (non-hydrogen) atoms. The summed E-state index contributed by atoms with van der Waals surface area (Å²) < 4.78 is 23.3. The SMILES string of the molecule is CONC(=O)Cc1cn(-c2ccc(-c3ccc[n+](CC4=C(C(=O)[O-])N5C(=O)[C@@H](NC(=O)/C(=N\OC(C)(C)C(=O)O)c6csc(N)n6)[C@@H]5SC4)c3)c(F)c2)c(=O)o1. The van der Waals surface area contributed by atoms with Gasteiger partial charge in [-0.2, -0.15) is 0 Å². The number of hydrogen-bond donors (Lipinski definition) is 4. The van der Waals surface area contributed by atoms with Gasteiger partial charge in [0.25, 0.3) is 17.7 Å². The lowest BCUT2D eigenvalue weighted by Crippen LogP contribution is -2.71. The van der Waals surface area contributed by atoms with Crippen LogP contribution >= 0.6 is 23.1 Å². The van der Waals surface area contributed by atoms with Crippen LogP contribution in [0.25, 0.3) is 16.8 Å². The highest BCUT2D eigenvalue weighted by molar-refractivity contribution is 8.00. The molecule has 0 radical (unpaired) electrons. The van der Waals surface area contributed by atoms with E-state index in [4.69, 9.17) is 15.0 Å². The Kier molecular flexibility index (Phi) is 11.1. The average molecular weight is 811 g/mol. The standard InChI is InChI=1S/C34H31FN8O11S2/c1-34(2,31(49)50)54-40-24(22-15-56-32(36)37-22)27(45)38-25-28(46)43-26(30(47)48)17(14-55-29(25)43)12-41-8-4-5-16(11-41)20-7-6-18(9-21(20)35)42-13-19(53-33(42)51)10-23(44)39-52-3/h4-9,11,13,15,25,29H,10,12,14H2,1-3H3,(H5-,36,37,38,39,44,45,47,48,49,50)/b40-24-/t25-,29+/m1/s1. The van der Waals surface area contributed by atoms with E-state index in [-0.39, 0.29) is 52.3 Å². The van der Waals surface area contributed by atoms with Crippen LogP contribution in [0.1, 0.15) is 25.3 Å². The van der Waals surface area contributed by atoms with Gasteiger partial charge in [-0.25, -0.2) is 33.6 Å². The van der Waals surface area contributed by atoms with Crippen LogP contribution in [0, 0.1) is 5.82 Å². The number of carbonyl (C=O) groups is 5. The fourth-order valence-electron chi connectivity index (χ4n) is 5.64. The Morgan fingerprint density at radius 3 is 2.68 bits per heavy atom. The average Bonchev–Trinajstić information content (AvgIpc) is 3.74. The lowest BCUT2D eigenvalue weighted by atomic mass is 10.0. The number of halogens is 1. The number of pyridine rings is 1. The van der Waals surface area contributed by atoms with Crippen LogP contribution in [-0.4, -0.2) is 84.8 Å². The topological polar surface area (TPSA) is 265 Å². The predicted molar refractivity (Wildman–Crippen MR) is 192 cm³/mol. The Morgan fingerprint density at radius 2 is 2.02 bits per heavy atom. The normalized spacial score (nSPS) is 16.9. The van der Waals surface area contributed by atoms with Gasteiger partial charge in [0, 0.05) is 33.9 Å². The molecule has 1 saturated heterocycles. The van der Waals surface area contributed by atoms with Gasteiger partial charge < -0.3 is 35.3 Å². The van der Waals surface area contributed by atoms with Gasteiger partial charge in [-0.05, 0) is 38.1 Å². The number of aromatic nitrogens is 3. The molecule has 2 aliphatic heterocycles. The van der Waals surface area contributed by atoms with Crippen molar-refractivity contribution in [3.8, 4) is 16.8 Å². The van der Waals surface area contributed by atoms with E-state index in [9.17, 15) is 39.0 Å². The minimum absolute atomic E-state index is 0.0278. The first-order chi connectivity index (χ1) is 26.6.